The van der Waals surface area contributed by atoms with E-state index in [2.05, 4.69) is 10.9 Å². The number of esters is 1. The number of carbonyl (C=O) groups excluding carboxylic acids is 2. The number of amides is 1. The Hall–Kier alpha value is -5.41. The Morgan fingerprint density at radius 3 is 1.98 bits per heavy atom. The third kappa shape index (κ3) is 10.7. The largest absolute Gasteiger partial charge is 0.494 e. The Balaban J connectivity index is 1.52. The van der Waals surface area contributed by atoms with E-state index in [9.17, 15) is 35.9 Å². The lowest BCUT2D eigenvalue weighted by molar-refractivity contribution is -0.155. The number of nitrogens with zero attached hydrogens (tertiary/aromatic N) is 1. The van der Waals surface area contributed by atoms with E-state index >= 15 is 0 Å². The van der Waals surface area contributed by atoms with Crippen molar-refractivity contribution in [2.24, 2.45) is 4.99 Å². The summed E-state index contributed by atoms with van der Waals surface area (Å²) in [6.07, 6.45) is -11.5. The molecule has 5 rings (SSSR count). The van der Waals surface area contributed by atoms with Gasteiger partial charge in [0.05, 0.1) is 17.7 Å². The number of aliphatic hydroxyl groups is 1. The second-order valence-corrected chi connectivity index (χ2v) is 14.1. The molecule has 2 atom stereocenters. The number of alkyl halides is 6. The number of ether oxygens (including phenoxy) is 3. The van der Waals surface area contributed by atoms with Crippen molar-refractivity contribution < 1.29 is 55.2 Å². The number of hydrogen-bond acceptors (Lipinski definition) is 8. The molecule has 1 amide bonds. The highest BCUT2D eigenvalue weighted by Gasteiger charge is 2.53. The van der Waals surface area contributed by atoms with Crippen LogP contribution in [0.1, 0.15) is 74.0 Å². The van der Waals surface area contributed by atoms with Crippen molar-refractivity contribution >= 4 is 17.8 Å². The van der Waals surface area contributed by atoms with Gasteiger partial charge in [0.25, 0.3) is 5.91 Å². The normalized spacial score (nSPS) is 17.2. The molecule has 1 aliphatic rings. The van der Waals surface area contributed by atoms with Crippen LogP contribution in [0.3, 0.4) is 0 Å². The van der Waals surface area contributed by atoms with Crippen LogP contribution < -0.4 is 15.6 Å². The summed E-state index contributed by atoms with van der Waals surface area (Å²) in [5.41, 5.74) is 1.40. The molecule has 1 aliphatic heterocycles. The van der Waals surface area contributed by atoms with Crippen LogP contribution in [0.25, 0.3) is 11.1 Å². The predicted molar refractivity (Wildman–Crippen MR) is 195 cm³/mol. The van der Waals surface area contributed by atoms with Gasteiger partial charge in [0.1, 0.15) is 11.4 Å². The summed E-state index contributed by atoms with van der Waals surface area (Å²) in [5.74, 6) is -1.00. The van der Waals surface area contributed by atoms with Crippen molar-refractivity contribution in [2.45, 2.75) is 76.2 Å². The lowest BCUT2D eigenvalue weighted by Gasteiger charge is -2.31. The summed E-state index contributed by atoms with van der Waals surface area (Å²) < 4.78 is 98.9. The maximum absolute atomic E-state index is 14.4. The SMILES string of the molecule is CC(C)(C)OC(=O)CC[C@]1(C(=O)NNCc2cc(C(F)(F)F)cc(C(F)(F)F)c2)N=C(c2ccc(OCCCO)cc2)O[C@H]1c1ccc(-c2ccccc2)cc1. The number of halogens is 6. The van der Waals surface area contributed by atoms with Crippen molar-refractivity contribution in [3.8, 4) is 16.9 Å². The first-order valence-corrected chi connectivity index (χ1v) is 17.7. The number of aliphatic hydroxyl groups excluding tert-OH is 1. The molecule has 0 saturated heterocycles. The second-order valence-electron chi connectivity index (χ2n) is 14.1. The first-order chi connectivity index (χ1) is 26.4. The minimum absolute atomic E-state index is 0.0152. The van der Waals surface area contributed by atoms with Gasteiger partial charge in [-0.25, -0.2) is 10.4 Å². The molecule has 0 fully saturated rings. The van der Waals surface area contributed by atoms with Crippen LogP contribution in [0.4, 0.5) is 26.3 Å². The zero-order valence-electron chi connectivity index (χ0n) is 30.8. The molecule has 0 aliphatic carbocycles. The van der Waals surface area contributed by atoms with Crippen LogP contribution in [0.5, 0.6) is 5.75 Å². The molecule has 0 bridgehead atoms. The van der Waals surface area contributed by atoms with Gasteiger partial charge in [0.2, 0.25) is 5.90 Å². The Bertz CT molecular complexity index is 1960. The van der Waals surface area contributed by atoms with Crippen LogP contribution in [-0.2, 0) is 38.0 Å². The number of rotatable bonds is 14. The standard InChI is InChI=1S/C41H41F6N3O6/c1-38(2,3)56-34(52)18-19-39(37(53)50-48-25-26-22-31(40(42,43)44)24-32(23-26)41(45,46)47)35(29-12-10-28(11-13-29)27-8-5-4-6-9-27)55-36(49-39)30-14-16-33(17-15-30)54-21-7-20-51/h4-6,8-17,22-24,35,48,51H,7,18-21,25H2,1-3H3,(H,50,53)/t35-,39-/m0/s1. The number of benzene rings is 4. The van der Waals surface area contributed by atoms with Crippen LogP contribution in [0.15, 0.2) is 102 Å². The van der Waals surface area contributed by atoms with E-state index in [4.69, 9.17) is 24.3 Å². The van der Waals surface area contributed by atoms with Gasteiger partial charge in [-0.15, -0.1) is 0 Å². The van der Waals surface area contributed by atoms with Gasteiger partial charge in [-0.3, -0.25) is 15.0 Å². The van der Waals surface area contributed by atoms with Crippen LogP contribution in [0, 0.1) is 0 Å². The minimum atomic E-state index is -5.07. The van der Waals surface area contributed by atoms with Gasteiger partial charge in [-0.05, 0) is 91.9 Å². The van der Waals surface area contributed by atoms with Crippen molar-refractivity contribution in [3.63, 3.8) is 0 Å². The van der Waals surface area contributed by atoms with Crippen LogP contribution in [0.2, 0.25) is 0 Å². The lowest BCUT2D eigenvalue weighted by Crippen LogP contribution is -2.52. The first-order valence-electron chi connectivity index (χ1n) is 17.7. The van der Waals surface area contributed by atoms with Crippen molar-refractivity contribution in [2.75, 3.05) is 13.2 Å². The summed E-state index contributed by atoms with van der Waals surface area (Å²) in [5, 5.41) is 9.08. The Kier molecular flexibility index (Phi) is 12.8. The number of nitrogens with one attached hydrogen (secondary N) is 2. The number of aliphatic imine (C=N–C) groups is 1. The number of hydrazine groups is 1. The van der Waals surface area contributed by atoms with E-state index < -0.39 is 64.7 Å². The molecule has 3 N–H and O–H groups in total. The quantitative estimate of drug-likeness (QED) is 0.0509. The van der Waals surface area contributed by atoms with E-state index in [1.165, 1.54) is 0 Å². The number of hydrogen-bond donors (Lipinski definition) is 3. The van der Waals surface area contributed by atoms with E-state index in [0.717, 1.165) is 11.1 Å². The molecule has 9 nitrogen and oxygen atoms in total. The zero-order chi connectivity index (χ0) is 40.7. The lowest BCUT2D eigenvalue weighted by atomic mass is 9.83. The summed E-state index contributed by atoms with van der Waals surface area (Å²) in [7, 11) is 0. The van der Waals surface area contributed by atoms with Gasteiger partial charge >= 0.3 is 18.3 Å². The molecule has 0 saturated carbocycles. The van der Waals surface area contributed by atoms with E-state index in [-0.39, 0.29) is 38.0 Å². The highest BCUT2D eigenvalue weighted by molar-refractivity contribution is 6.01. The fourth-order valence-corrected chi connectivity index (χ4v) is 5.99. The molecular formula is C41H41F6N3O6. The van der Waals surface area contributed by atoms with Crippen LogP contribution >= 0.6 is 0 Å². The maximum atomic E-state index is 14.4. The predicted octanol–water partition coefficient (Wildman–Crippen LogP) is 8.35. The summed E-state index contributed by atoms with van der Waals surface area (Å²) in [6, 6.07) is 24.3. The fraction of sp³-hybridized carbons (Fsp3) is 0.341. The summed E-state index contributed by atoms with van der Waals surface area (Å²) >= 11 is 0. The highest BCUT2D eigenvalue weighted by Crippen LogP contribution is 2.44. The molecule has 0 spiro atoms. The maximum Gasteiger partial charge on any atom is 0.416 e. The summed E-state index contributed by atoms with van der Waals surface area (Å²) in [6.45, 7) is 4.63. The highest BCUT2D eigenvalue weighted by atomic mass is 19.4. The van der Waals surface area contributed by atoms with E-state index in [0.29, 0.717) is 35.4 Å². The molecule has 56 heavy (non-hydrogen) atoms. The van der Waals surface area contributed by atoms with E-state index in [1.54, 1.807) is 57.2 Å². The smallest absolute Gasteiger partial charge is 0.416 e. The second kappa shape index (κ2) is 17.2. The Labute approximate surface area is 319 Å². The zero-order valence-corrected chi connectivity index (χ0v) is 30.8. The molecule has 4 aromatic rings. The van der Waals surface area contributed by atoms with Crippen LogP contribution in [-0.4, -0.2) is 47.2 Å². The average Bonchev–Trinajstić information content (AvgIpc) is 3.54. The van der Waals surface area contributed by atoms with Gasteiger partial charge in [0, 0.05) is 31.6 Å². The molecule has 15 heteroatoms. The van der Waals surface area contributed by atoms with Gasteiger partial charge < -0.3 is 19.3 Å². The van der Waals surface area contributed by atoms with Gasteiger partial charge in [-0.2, -0.15) is 26.3 Å². The molecule has 4 aromatic carbocycles. The first kappa shape index (κ1) is 41.7. The molecule has 1 heterocycles. The van der Waals surface area contributed by atoms with Gasteiger partial charge in [-0.1, -0.05) is 54.6 Å². The van der Waals surface area contributed by atoms with Crippen molar-refractivity contribution in [1.29, 1.82) is 0 Å². The molecule has 298 valence electrons. The topological polar surface area (TPSA) is 118 Å². The number of carbonyl (C=O) groups is 2. The molecule has 0 unspecified atom stereocenters. The molecule has 0 aromatic heterocycles. The van der Waals surface area contributed by atoms with E-state index in [1.807, 2.05) is 42.5 Å². The third-order valence-electron chi connectivity index (χ3n) is 8.62. The Morgan fingerprint density at radius 1 is 0.821 bits per heavy atom. The third-order valence-corrected chi connectivity index (χ3v) is 8.62. The monoisotopic (exact) mass is 785 g/mol. The van der Waals surface area contributed by atoms with Gasteiger partial charge in [0.15, 0.2) is 11.6 Å². The minimum Gasteiger partial charge on any atom is -0.494 e. The molecular weight excluding hydrogens is 744 g/mol. The van der Waals surface area contributed by atoms with Crippen molar-refractivity contribution in [3.05, 3.63) is 125 Å². The fourth-order valence-electron chi connectivity index (χ4n) is 5.99. The average molecular weight is 786 g/mol. The summed E-state index contributed by atoms with van der Waals surface area (Å²) in [4.78, 5) is 32.3. The van der Waals surface area contributed by atoms with Crippen molar-refractivity contribution in [1.82, 2.24) is 10.9 Å². The Morgan fingerprint density at radius 2 is 1.41 bits per heavy atom. The molecule has 0 radical (unpaired) electrons.